The smallest absolute Gasteiger partial charge is 0.0125 e. The van der Waals surface area contributed by atoms with Crippen molar-refractivity contribution >= 4 is 59.9 Å². The van der Waals surface area contributed by atoms with E-state index in [0.29, 0.717) is 0 Å². The highest BCUT2D eigenvalue weighted by Gasteiger charge is 0.988. The minimum atomic E-state index is 0. The Morgan fingerprint density at radius 2 is 1.00 bits per heavy atom. The second kappa shape index (κ2) is 22.0. The zero-order valence-corrected chi connectivity index (χ0v) is 6.00. The molecule has 0 rings (SSSR count). The fraction of sp³-hybridized carbons (Fsp3) is 0. The van der Waals surface area contributed by atoms with Crippen LogP contribution in [0, 0.1) is 0 Å². The molecule has 24 valence electrons. The van der Waals surface area contributed by atoms with Crippen LogP contribution in [0.2, 0.25) is 0 Å². The van der Waals surface area contributed by atoms with Gasteiger partial charge in [0.25, 0.3) is 0 Å². The van der Waals surface area contributed by atoms with Crippen LogP contribution in [0.25, 0.3) is 0 Å². The van der Waals surface area contributed by atoms with Crippen LogP contribution >= 0.6 is 0 Å². The predicted molar refractivity (Wildman–Crippen MR) is 38.4 cm³/mol. The van der Waals surface area contributed by atoms with Crippen molar-refractivity contribution in [2.75, 3.05) is 0 Å². The molecule has 0 radical (unpaired) electrons. The number of hydrogen-bond donors (Lipinski definition) is 0. The lowest BCUT2D eigenvalue weighted by Gasteiger charge is -1.01. The lowest BCUT2D eigenvalue weighted by atomic mass is 24.3. The zero-order valence-electron chi connectivity index (χ0n) is 2.00. The quantitative estimate of drug-likeness (QED) is 0.282. The summed E-state index contributed by atoms with van der Waals surface area (Å²) in [6.45, 7) is 0. The van der Waals surface area contributed by atoms with Crippen LogP contribution in [0.4, 0.5) is 0 Å². The third-order valence-corrected chi connectivity index (χ3v) is 0. The van der Waals surface area contributed by atoms with Crippen molar-refractivity contribution in [2.45, 2.75) is 0 Å². The first-order chi connectivity index (χ1) is 1.00. The van der Waals surface area contributed by atoms with Crippen LogP contribution in [-0.2, 0) is 0 Å². The van der Waals surface area contributed by atoms with Crippen molar-refractivity contribution in [2.24, 2.45) is 0 Å². The molecule has 0 atom stereocenters. The summed E-state index contributed by atoms with van der Waals surface area (Å²) in [5.74, 6) is 0. The second-order valence-corrected chi connectivity index (χ2v) is 0. The van der Waals surface area contributed by atoms with Crippen molar-refractivity contribution < 1.29 is 0 Å². The normalized spacial score (nSPS) is 3.00. The van der Waals surface area contributed by atoms with Gasteiger partial charge in [0, 0.05) is 0 Å². The van der Waals surface area contributed by atoms with Gasteiger partial charge in [0.1, 0.15) is 0 Å². The maximum atomic E-state index is 1.44. The van der Waals surface area contributed by atoms with Crippen LogP contribution in [0.3, 0.4) is 0 Å². The Kier molecular flexibility index (Phi) is 94.4. The van der Waals surface area contributed by atoms with Gasteiger partial charge < -0.3 is 0 Å². The molecule has 0 fully saturated rings. The summed E-state index contributed by atoms with van der Waals surface area (Å²) in [5, 5.41) is 0. The largest absolute Gasteiger partial charge is 0.316 e. The van der Waals surface area contributed by atoms with E-state index in [1.165, 1.54) is 19.5 Å². The maximum absolute atomic E-state index is 1.44. The second-order valence-electron chi connectivity index (χ2n) is 0. The third kappa shape index (κ3) is 9.28. The highest BCUT2D eigenvalue weighted by Crippen LogP contribution is 0.619. The van der Waals surface area contributed by atoms with Crippen LogP contribution in [0.15, 0.2) is 0 Å². The van der Waals surface area contributed by atoms with Crippen molar-refractivity contribution in [1.29, 1.82) is 0 Å². The summed E-state index contributed by atoms with van der Waals surface area (Å²) in [5.41, 5.74) is 0. The van der Waals surface area contributed by atoms with Crippen molar-refractivity contribution in [3.63, 3.8) is 0 Å². The highest BCUT2D eigenvalue weighted by molar-refractivity contribution is 6.75. The van der Waals surface area contributed by atoms with E-state index in [9.17, 15) is 0 Å². The number of hydrogen-bond acceptors (Lipinski definition) is 0. The molecule has 0 bridgehead atoms. The molecule has 0 unspecified atom stereocenters. The minimum absolute atomic E-state index is 0. The van der Waals surface area contributed by atoms with Gasteiger partial charge >= 0.3 is 23.1 Å². The first kappa shape index (κ1) is 17.2. The summed E-state index contributed by atoms with van der Waals surface area (Å²) < 4.78 is 0. The molecular formula is H11AlMgSi2. The Morgan fingerprint density at radius 3 is 1.00 bits per heavy atom. The molecule has 4 heavy (non-hydrogen) atoms. The average Bonchev–Trinajstić information content (AvgIpc) is 1.00. The zero-order chi connectivity index (χ0) is 2.00. The summed E-state index contributed by atoms with van der Waals surface area (Å²) in [4.78, 5) is 0. The van der Waals surface area contributed by atoms with Crippen LogP contribution < -0.4 is 0 Å². The molecule has 0 aromatic carbocycles. The Morgan fingerprint density at radius 1 is 1.00 bits per heavy atom. The third-order valence-electron chi connectivity index (χ3n) is 0. The Balaban J connectivity index is -0.00000000500. The van der Waals surface area contributed by atoms with E-state index in [4.69, 9.17) is 0 Å². The Hall–Kier alpha value is 1.73. The highest BCUT2D eigenvalue weighted by atomic mass is 29.1. The molecule has 0 aliphatic rings. The molecule has 0 heterocycles. The van der Waals surface area contributed by atoms with Crippen molar-refractivity contribution in [3.8, 4) is 0 Å². The van der Waals surface area contributed by atoms with Crippen LogP contribution in [0.5, 0.6) is 0 Å². The van der Waals surface area contributed by atoms with Gasteiger partial charge in [-0.15, -0.1) is 0 Å². The van der Waals surface area contributed by atoms with Gasteiger partial charge in [-0.3, -0.25) is 0 Å². The molecule has 0 saturated heterocycles. The lowest BCUT2D eigenvalue weighted by Crippen LogP contribution is -1.38. The molecule has 0 aromatic heterocycles. The van der Waals surface area contributed by atoms with E-state index in [1.807, 2.05) is 0 Å². The van der Waals surface area contributed by atoms with E-state index >= 15 is 0 Å². The Labute approximate surface area is 59.6 Å². The summed E-state index contributed by atoms with van der Waals surface area (Å²) >= 11 is 0. The van der Waals surface area contributed by atoms with E-state index < -0.39 is 0 Å². The first-order valence-electron chi connectivity index (χ1n) is 1.00. The van der Waals surface area contributed by atoms with Gasteiger partial charge in [0.05, 0.1) is 0 Å². The molecule has 0 nitrogen and oxygen atoms in total. The van der Waals surface area contributed by atoms with E-state index in [0.717, 1.165) is 0 Å². The fourth-order valence-electron chi connectivity index (χ4n) is 0. The predicted octanol–water partition coefficient (Wildman–Crippen LogP) is -4.47. The molecule has 0 saturated carbocycles. The van der Waals surface area contributed by atoms with Gasteiger partial charge in [0.15, 0.2) is 17.4 Å². The average molecular weight is 119 g/mol. The van der Waals surface area contributed by atoms with E-state index in [-0.39, 0.29) is 40.4 Å². The first-order valence-corrected chi connectivity index (χ1v) is 9.00. The van der Waals surface area contributed by atoms with Crippen LogP contribution in [0.1, 0.15) is 0 Å². The van der Waals surface area contributed by atoms with E-state index in [2.05, 4.69) is 0 Å². The van der Waals surface area contributed by atoms with Crippen molar-refractivity contribution in [1.82, 2.24) is 0 Å². The standard InChI is InChI=1S/Al.Mg.H6Si2.5H/c;;1-2;;;;;/h;;1-2H3;;;;;. The summed E-state index contributed by atoms with van der Waals surface area (Å²) in [6, 6.07) is 0. The van der Waals surface area contributed by atoms with Gasteiger partial charge in [-0.25, -0.2) is 0 Å². The SMILES string of the molecule is [AlH3].[MgH2].[SiH3][SiH3]. The molecule has 0 aliphatic carbocycles. The van der Waals surface area contributed by atoms with Crippen LogP contribution in [-0.4, -0.2) is 59.9 Å². The lowest BCUT2D eigenvalue weighted by molar-refractivity contribution is 4.75. The molecule has 0 amide bonds. The van der Waals surface area contributed by atoms with Gasteiger partial charge in [-0.1, -0.05) is 0 Å². The summed E-state index contributed by atoms with van der Waals surface area (Å²) in [6.07, 6.45) is 0. The molecule has 4 heteroatoms. The monoisotopic (exact) mass is 118 g/mol. The molecule has 0 N–H and O–H groups in total. The fourth-order valence-corrected chi connectivity index (χ4v) is 0. The van der Waals surface area contributed by atoms with Gasteiger partial charge in [-0.2, -0.15) is 0 Å². The minimum Gasteiger partial charge on any atom is -0.0125 e. The Bertz CT molecular complexity index is 6.00. The van der Waals surface area contributed by atoms with Gasteiger partial charge in [-0.05, 0) is 19.5 Å². The summed E-state index contributed by atoms with van der Waals surface area (Å²) in [7, 11) is 2.89. The molecule has 0 aromatic rings. The van der Waals surface area contributed by atoms with Crippen molar-refractivity contribution in [3.05, 3.63) is 0 Å². The van der Waals surface area contributed by atoms with Gasteiger partial charge in [0.2, 0.25) is 0 Å². The topological polar surface area (TPSA) is 0 Å². The molecular weight excluding hydrogens is 107 g/mol. The molecule has 0 aliphatic heterocycles. The maximum Gasteiger partial charge on any atom is 0.316 e. The number of rotatable bonds is 0. The molecule has 0 spiro atoms. The van der Waals surface area contributed by atoms with E-state index in [1.54, 1.807) is 0 Å².